The molecule has 0 amide bonds. The van der Waals surface area contributed by atoms with Crippen LogP contribution in [0.3, 0.4) is 0 Å². The highest BCUT2D eigenvalue weighted by atomic mass is 16.3. The summed E-state index contributed by atoms with van der Waals surface area (Å²) in [5.74, 6) is 0.575. The Morgan fingerprint density at radius 3 is 2.60 bits per heavy atom. The van der Waals surface area contributed by atoms with Crippen LogP contribution in [-0.2, 0) is 6.61 Å². The molecule has 0 bridgehead atoms. The van der Waals surface area contributed by atoms with Gasteiger partial charge in [-0.05, 0) is 25.8 Å². The van der Waals surface area contributed by atoms with E-state index >= 15 is 0 Å². The summed E-state index contributed by atoms with van der Waals surface area (Å²) in [6, 6.07) is 8.11. The van der Waals surface area contributed by atoms with Gasteiger partial charge in [0.2, 0.25) is 5.95 Å². The van der Waals surface area contributed by atoms with Gasteiger partial charge in [0.25, 0.3) is 5.56 Å². The molecule has 1 aromatic carbocycles. The lowest BCUT2D eigenvalue weighted by Crippen LogP contribution is -2.39. The van der Waals surface area contributed by atoms with Crippen LogP contribution in [0.25, 0.3) is 11.0 Å². The van der Waals surface area contributed by atoms with Crippen molar-refractivity contribution in [1.29, 1.82) is 0 Å². The van der Waals surface area contributed by atoms with Gasteiger partial charge in [0.15, 0.2) is 5.65 Å². The number of nitrogens with one attached hydrogen (secondary N) is 1. The zero-order chi connectivity index (χ0) is 17.6. The number of H-pyrrole nitrogens is 1. The highest BCUT2D eigenvalue weighted by Crippen LogP contribution is 2.25. The summed E-state index contributed by atoms with van der Waals surface area (Å²) in [5.41, 5.74) is 2.89. The van der Waals surface area contributed by atoms with Crippen molar-refractivity contribution in [3.63, 3.8) is 0 Å². The van der Waals surface area contributed by atoms with Gasteiger partial charge in [-0.1, -0.05) is 29.8 Å². The molecule has 2 N–H and O–H groups in total. The number of aromatic amines is 1. The molecule has 1 aliphatic rings. The molecule has 0 saturated carbocycles. The van der Waals surface area contributed by atoms with E-state index in [-0.39, 0.29) is 18.2 Å². The number of hydrogen-bond acceptors (Lipinski definition) is 5. The fourth-order valence-electron chi connectivity index (χ4n) is 3.15. The van der Waals surface area contributed by atoms with Crippen molar-refractivity contribution in [2.24, 2.45) is 0 Å². The molecule has 0 radical (unpaired) electrons. The van der Waals surface area contributed by atoms with E-state index < -0.39 is 0 Å². The monoisotopic (exact) mass is 339 g/mol. The van der Waals surface area contributed by atoms with Gasteiger partial charge in [-0.25, -0.2) is 4.68 Å². The molecule has 0 aliphatic carbocycles. The minimum atomic E-state index is -0.294. The second-order valence-electron chi connectivity index (χ2n) is 6.56. The van der Waals surface area contributed by atoms with E-state index in [0.29, 0.717) is 22.7 Å². The van der Waals surface area contributed by atoms with Crippen LogP contribution in [0.2, 0.25) is 0 Å². The first-order chi connectivity index (χ1) is 12.1. The van der Waals surface area contributed by atoms with Gasteiger partial charge in [-0.3, -0.25) is 9.78 Å². The van der Waals surface area contributed by atoms with Gasteiger partial charge in [0.05, 0.1) is 12.6 Å². The third kappa shape index (κ3) is 2.60. The number of benzene rings is 1. The first kappa shape index (κ1) is 15.8. The lowest BCUT2D eigenvalue weighted by molar-refractivity contribution is 0.276. The average Bonchev–Trinajstić information content (AvgIpc) is 2.92. The summed E-state index contributed by atoms with van der Waals surface area (Å²) >= 11 is 0. The fraction of sp³-hybridized carbons (Fsp3) is 0.389. The molecule has 1 aliphatic heterocycles. The van der Waals surface area contributed by atoms with Crippen molar-refractivity contribution < 1.29 is 5.11 Å². The minimum Gasteiger partial charge on any atom is -0.390 e. The van der Waals surface area contributed by atoms with Crippen molar-refractivity contribution in [3.8, 4) is 0 Å². The lowest BCUT2D eigenvalue weighted by atomic mass is 10.1. The van der Waals surface area contributed by atoms with Crippen LogP contribution < -0.4 is 10.5 Å². The molecular formula is C18H21N5O2. The maximum absolute atomic E-state index is 12.6. The Kier molecular flexibility index (Phi) is 3.80. The second kappa shape index (κ2) is 6.00. The molecule has 1 atom stereocenters. The van der Waals surface area contributed by atoms with Gasteiger partial charge in [-0.2, -0.15) is 10.1 Å². The van der Waals surface area contributed by atoms with Crippen molar-refractivity contribution in [2.75, 3.05) is 18.0 Å². The van der Waals surface area contributed by atoms with Crippen LogP contribution >= 0.6 is 0 Å². The molecule has 4 rings (SSSR count). The number of aromatic nitrogens is 4. The molecule has 7 nitrogen and oxygen atoms in total. The van der Waals surface area contributed by atoms with Crippen LogP contribution in [-0.4, -0.2) is 37.9 Å². The first-order valence-electron chi connectivity index (χ1n) is 8.52. The minimum absolute atomic E-state index is 0.0954. The fourth-order valence-corrected chi connectivity index (χ4v) is 3.15. The standard InChI is InChI=1S/C18H21N5O2/c1-11-4-6-13(7-5-11)12(2)23-16-15(14(10-24)21-23)17(25)20-18(19-16)22-8-3-9-22/h4-7,12,24H,3,8-10H2,1-2H3,(H,19,20,25)/t12-/m0/s1. The van der Waals surface area contributed by atoms with Crippen molar-refractivity contribution in [2.45, 2.75) is 32.9 Å². The van der Waals surface area contributed by atoms with Crippen LogP contribution in [0, 0.1) is 6.92 Å². The normalized spacial score (nSPS) is 15.4. The third-order valence-electron chi connectivity index (χ3n) is 4.85. The van der Waals surface area contributed by atoms with Gasteiger partial charge in [0, 0.05) is 13.1 Å². The Hall–Kier alpha value is -2.67. The molecule has 0 unspecified atom stereocenters. The molecular weight excluding hydrogens is 318 g/mol. The largest absolute Gasteiger partial charge is 0.390 e. The molecule has 1 fully saturated rings. The molecule has 0 spiro atoms. The van der Waals surface area contributed by atoms with E-state index in [1.807, 2.05) is 18.7 Å². The SMILES string of the molecule is Cc1ccc([C@H](C)n2nc(CO)c3c(=O)[nH]c(N4CCC4)nc32)cc1. The van der Waals surface area contributed by atoms with Crippen LogP contribution in [0.5, 0.6) is 0 Å². The zero-order valence-corrected chi connectivity index (χ0v) is 14.4. The van der Waals surface area contributed by atoms with E-state index in [1.165, 1.54) is 5.56 Å². The summed E-state index contributed by atoms with van der Waals surface area (Å²) in [6.45, 7) is 5.55. The molecule has 130 valence electrons. The maximum Gasteiger partial charge on any atom is 0.263 e. The molecule has 2 aromatic heterocycles. The Labute approximate surface area is 144 Å². The zero-order valence-electron chi connectivity index (χ0n) is 14.4. The first-order valence-corrected chi connectivity index (χ1v) is 8.52. The Bertz CT molecular complexity index is 970. The van der Waals surface area contributed by atoms with Crippen LogP contribution in [0.15, 0.2) is 29.1 Å². The number of aliphatic hydroxyl groups is 1. The summed E-state index contributed by atoms with van der Waals surface area (Å²) in [6.07, 6.45) is 1.10. The number of fused-ring (bicyclic) bond motifs is 1. The molecule has 3 aromatic rings. The number of aryl methyl sites for hydroxylation is 1. The van der Waals surface area contributed by atoms with E-state index in [4.69, 9.17) is 0 Å². The van der Waals surface area contributed by atoms with E-state index in [0.717, 1.165) is 25.1 Å². The topological polar surface area (TPSA) is 87.0 Å². The Balaban J connectivity index is 1.88. The van der Waals surface area contributed by atoms with Crippen LogP contribution in [0.4, 0.5) is 5.95 Å². The number of hydrogen-bond donors (Lipinski definition) is 2. The highest BCUT2D eigenvalue weighted by molar-refractivity contribution is 5.78. The van der Waals surface area contributed by atoms with Gasteiger partial charge in [0.1, 0.15) is 11.1 Å². The van der Waals surface area contributed by atoms with Crippen molar-refractivity contribution in [1.82, 2.24) is 19.7 Å². The maximum atomic E-state index is 12.6. The summed E-state index contributed by atoms with van der Waals surface area (Å²) in [4.78, 5) is 22.1. The van der Waals surface area contributed by atoms with Gasteiger partial charge >= 0.3 is 0 Å². The average molecular weight is 339 g/mol. The van der Waals surface area contributed by atoms with E-state index in [1.54, 1.807) is 4.68 Å². The smallest absolute Gasteiger partial charge is 0.263 e. The Morgan fingerprint density at radius 1 is 1.28 bits per heavy atom. The molecule has 3 heterocycles. The summed E-state index contributed by atoms with van der Waals surface area (Å²) in [7, 11) is 0. The number of anilines is 1. The Morgan fingerprint density at radius 2 is 2.00 bits per heavy atom. The van der Waals surface area contributed by atoms with Crippen molar-refractivity contribution >= 4 is 17.0 Å². The molecule has 1 saturated heterocycles. The van der Waals surface area contributed by atoms with Crippen LogP contribution in [0.1, 0.15) is 36.2 Å². The summed E-state index contributed by atoms with van der Waals surface area (Å²) < 4.78 is 1.74. The van der Waals surface area contributed by atoms with Gasteiger partial charge in [-0.15, -0.1) is 0 Å². The summed E-state index contributed by atoms with van der Waals surface area (Å²) in [5, 5.41) is 14.5. The number of aliphatic hydroxyl groups excluding tert-OH is 1. The number of nitrogens with zero attached hydrogens (tertiary/aromatic N) is 4. The predicted molar refractivity (Wildman–Crippen MR) is 95.9 cm³/mol. The number of rotatable bonds is 4. The van der Waals surface area contributed by atoms with Crippen molar-refractivity contribution in [3.05, 3.63) is 51.4 Å². The van der Waals surface area contributed by atoms with Gasteiger partial charge < -0.3 is 10.0 Å². The molecule has 25 heavy (non-hydrogen) atoms. The lowest BCUT2D eigenvalue weighted by Gasteiger charge is -2.31. The molecule has 7 heteroatoms. The third-order valence-corrected chi connectivity index (χ3v) is 4.85. The second-order valence-corrected chi connectivity index (χ2v) is 6.56. The quantitative estimate of drug-likeness (QED) is 0.756. The van der Waals surface area contributed by atoms with E-state index in [2.05, 4.69) is 39.3 Å². The predicted octanol–water partition coefficient (Wildman–Crippen LogP) is 1.74. The highest BCUT2D eigenvalue weighted by Gasteiger charge is 2.23. The van der Waals surface area contributed by atoms with E-state index in [9.17, 15) is 9.90 Å².